The number of hydrogen-bond acceptors (Lipinski definition) is 6. The summed E-state index contributed by atoms with van der Waals surface area (Å²) in [7, 11) is 1.45. The van der Waals surface area contributed by atoms with Crippen LogP contribution in [0.3, 0.4) is 0 Å². The van der Waals surface area contributed by atoms with Gasteiger partial charge in [-0.05, 0) is 93.5 Å². The summed E-state index contributed by atoms with van der Waals surface area (Å²) in [5, 5.41) is 9.98. The van der Waals surface area contributed by atoms with E-state index in [1.807, 2.05) is 0 Å². The first-order chi connectivity index (χ1) is 13.5. The van der Waals surface area contributed by atoms with E-state index < -0.39 is 11.9 Å². The lowest BCUT2D eigenvalue weighted by atomic mass is 9.92. The highest BCUT2D eigenvalue weighted by molar-refractivity contribution is 5.97. The average Bonchev–Trinajstić information content (AvgIpc) is 2.66. The molecule has 0 aliphatic carbocycles. The van der Waals surface area contributed by atoms with E-state index in [9.17, 15) is 14.7 Å². The highest BCUT2D eigenvalue weighted by Gasteiger charge is 2.25. The number of ether oxygens (including phenoxy) is 3. The second kappa shape index (κ2) is 8.66. The van der Waals surface area contributed by atoms with Crippen LogP contribution in [0, 0.1) is 48.5 Å². The number of phenols is 1. The Bertz CT molecular complexity index is 959. The summed E-state index contributed by atoms with van der Waals surface area (Å²) in [5.74, 6) is -0.401. The molecule has 0 saturated heterocycles. The number of benzene rings is 2. The van der Waals surface area contributed by atoms with Crippen molar-refractivity contribution in [2.24, 2.45) is 0 Å². The molecule has 6 heteroatoms. The minimum Gasteiger partial charge on any atom is -0.508 e. The van der Waals surface area contributed by atoms with Gasteiger partial charge in [0, 0.05) is 7.11 Å². The van der Waals surface area contributed by atoms with E-state index in [0.717, 1.165) is 0 Å². The predicted molar refractivity (Wildman–Crippen MR) is 110 cm³/mol. The Morgan fingerprint density at radius 2 is 1.31 bits per heavy atom. The monoisotopic (exact) mass is 400 g/mol. The molecule has 6 nitrogen and oxygen atoms in total. The van der Waals surface area contributed by atoms with E-state index >= 15 is 0 Å². The van der Waals surface area contributed by atoms with Crippen LogP contribution >= 0.6 is 0 Å². The zero-order chi connectivity index (χ0) is 22.0. The summed E-state index contributed by atoms with van der Waals surface area (Å²) < 4.78 is 15.7. The molecule has 0 saturated carbocycles. The number of aryl methyl sites for hydroxylation is 1. The van der Waals surface area contributed by atoms with Gasteiger partial charge >= 0.3 is 11.9 Å². The van der Waals surface area contributed by atoms with Crippen molar-refractivity contribution >= 4 is 11.9 Å². The fourth-order valence-electron chi connectivity index (χ4n) is 3.44. The van der Waals surface area contributed by atoms with E-state index in [1.54, 1.807) is 54.5 Å². The summed E-state index contributed by atoms with van der Waals surface area (Å²) >= 11 is 0. The lowest BCUT2D eigenvalue weighted by molar-refractivity contribution is -0.0126. The van der Waals surface area contributed by atoms with Crippen molar-refractivity contribution in [3.8, 4) is 11.5 Å². The third-order valence-electron chi connectivity index (χ3n) is 5.54. The maximum atomic E-state index is 13.0. The molecule has 156 valence electrons. The first kappa shape index (κ1) is 22.4. The molecular weight excluding hydrogens is 372 g/mol. The average molecular weight is 400 g/mol. The molecule has 0 aliphatic rings. The smallest absolute Gasteiger partial charge is 0.344 e. The van der Waals surface area contributed by atoms with Crippen molar-refractivity contribution in [1.29, 1.82) is 0 Å². The first-order valence-corrected chi connectivity index (χ1v) is 9.31. The van der Waals surface area contributed by atoms with Gasteiger partial charge in [-0.2, -0.15) is 0 Å². The third-order valence-corrected chi connectivity index (χ3v) is 5.54. The molecule has 0 unspecified atom stereocenters. The molecule has 2 aromatic rings. The van der Waals surface area contributed by atoms with Gasteiger partial charge < -0.3 is 19.3 Å². The normalized spacial score (nSPS) is 10.8. The van der Waals surface area contributed by atoms with Gasteiger partial charge in [0.25, 0.3) is 0 Å². The molecule has 0 bridgehead atoms. The number of methoxy groups -OCH3 is 1. The fraction of sp³-hybridized carbons (Fsp3) is 0.391. The molecule has 0 heterocycles. The van der Waals surface area contributed by atoms with E-state index in [2.05, 4.69) is 0 Å². The second-order valence-electron chi connectivity index (χ2n) is 7.27. The summed E-state index contributed by atoms with van der Waals surface area (Å²) in [6, 6.07) is 1.56. The van der Waals surface area contributed by atoms with Crippen LogP contribution in [0.1, 0.15) is 59.7 Å². The van der Waals surface area contributed by atoms with Crippen molar-refractivity contribution in [2.75, 3.05) is 13.9 Å². The van der Waals surface area contributed by atoms with Gasteiger partial charge in [0.05, 0.1) is 11.1 Å². The molecule has 0 spiro atoms. The van der Waals surface area contributed by atoms with Crippen LogP contribution in [-0.2, 0) is 9.47 Å². The van der Waals surface area contributed by atoms with Gasteiger partial charge in [0.15, 0.2) is 6.79 Å². The Kier molecular flexibility index (Phi) is 6.69. The van der Waals surface area contributed by atoms with Crippen molar-refractivity contribution in [2.45, 2.75) is 48.5 Å². The molecule has 2 aromatic carbocycles. The Labute approximate surface area is 171 Å². The Hall–Kier alpha value is -2.86. The van der Waals surface area contributed by atoms with Crippen LogP contribution in [0.5, 0.6) is 11.5 Å². The maximum absolute atomic E-state index is 13.0. The lowest BCUT2D eigenvalue weighted by Crippen LogP contribution is -2.17. The number of aromatic hydroxyl groups is 1. The zero-order valence-electron chi connectivity index (χ0n) is 18.3. The summed E-state index contributed by atoms with van der Waals surface area (Å²) in [6.07, 6.45) is 0. The largest absolute Gasteiger partial charge is 0.508 e. The highest BCUT2D eigenvalue weighted by Crippen LogP contribution is 2.35. The van der Waals surface area contributed by atoms with Crippen LogP contribution in [0.15, 0.2) is 6.07 Å². The molecule has 0 amide bonds. The number of carbonyl (C=O) groups excluding carboxylic acids is 2. The predicted octanol–water partition coefficient (Wildman–Crippen LogP) is 4.53. The van der Waals surface area contributed by atoms with E-state index in [1.165, 1.54) is 7.11 Å². The molecule has 0 aromatic heterocycles. The van der Waals surface area contributed by atoms with Crippen molar-refractivity contribution in [3.63, 3.8) is 0 Å². The molecule has 29 heavy (non-hydrogen) atoms. The lowest BCUT2D eigenvalue weighted by Gasteiger charge is -2.20. The molecular formula is C23H28O6. The van der Waals surface area contributed by atoms with Crippen LogP contribution in [0.25, 0.3) is 0 Å². The van der Waals surface area contributed by atoms with Crippen molar-refractivity contribution in [3.05, 3.63) is 56.1 Å². The molecule has 0 radical (unpaired) electrons. The molecule has 2 rings (SSSR count). The van der Waals surface area contributed by atoms with E-state index in [4.69, 9.17) is 14.2 Å². The minimum atomic E-state index is -0.497. The van der Waals surface area contributed by atoms with Gasteiger partial charge in [-0.3, -0.25) is 0 Å². The number of rotatable bonds is 5. The van der Waals surface area contributed by atoms with Gasteiger partial charge in [-0.15, -0.1) is 0 Å². The van der Waals surface area contributed by atoms with Gasteiger partial charge in [-0.1, -0.05) is 0 Å². The highest BCUT2D eigenvalue weighted by atomic mass is 16.7. The topological polar surface area (TPSA) is 82.1 Å². The van der Waals surface area contributed by atoms with Gasteiger partial charge in [0.1, 0.15) is 11.5 Å². The van der Waals surface area contributed by atoms with Crippen LogP contribution in [0.4, 0.5) is 0 Å². The summed E-state index contributed by atoms with van der Waals surface area (Å²) in [5.41, 5.74) is 5.59. The molecule has 1 N–H and O–H groups in total. The molecule has 0 atom stereocenters. The summed E-state index contributed by atoms with van der Waals surface area (Å²) in [4.78, 5) is 25.4. The Morgan fingerprint density at radius 3 is 1.83 bits per heavy atom. The SMILES string of the molecule is COCOC(=O)c1c(C)c(C)c(OC(=O)c2c(C)cc(O)c(C)c2C)c(C)c1C. The maximum Gasteiger partial charge on any atom is 0.344 e. The number of phenolic OH excluding ortho intramolecular Hbond substituents is 1. The molecule has 0 fully saturated rings. The fourth-order valence-corrected chi connectivity index (χ4v) is 3.44. The van der Waals surface area contributed by atoms with Crippen molar-refractivity contribution < 1.29 is 28.9 Å². The summed E-state index contributed by atoms with van der Waals surface area (Å²) in [6.45, 7) is 12.4. The first-order valence-electron chi connectivity index (χ1n) is 9.31. The third kappa shape index (κ3) is 4.12. The quantitative estimate of drug-likeness (QED) is 0.451. The van der Waals surface area contributed by atoms with E-state index in [-0.39, 0.29) is 12.5 Å². The van der Waals surface area contributed by atoms with Crippen molar-refractivity contribution in [1.82, 2.24) is 0 Å². The molecule has 0 aliphatic heterocycles. The van der Waals surface area contributed by atoms with Gasteiger partial charge in [0.2, 0.25) is 0 Å². The Balaban J connectivity index is 2.51. The Morgan fingerprint density at radius 1 is 0.793 bits per heavy atom. The zero-order valence-corrected chi connectivity index (χ0v) is 18.3. The van der Waals surface area contributed by atoms with Crippen LogP contribution in [0.2, 0.25) is 0 Å². The minimum absolute atomic E-state index is 0.134. The second-order valence-corrected chi connectivity index (χ2v) is 7.27. The number of carbonyl (C=O) groups is 2. The number of hydrogen-bond donors (Lipinski definition) is 1. The number of esters is 2. The van der Waals surface area contributed by atoms with Gasteiger partial charge in [-0.25, -0.2) is 9.59 Å². The standard InChI is InChI=1S/C23H28O6/c1-11-9-18(24)12(2)13(3)19(11)23(26)29-21-16(6)14(4)20(15(5)17(21)7)22(25)28-10-27-8/h9,24H,10H2,1-8H3. The van der Waals surface area contributed by atoms with Crippen LogP contribution < -0.4 is 4.74 Å². The van der Waals surface area contributed by atoms with Crippen LogP contribution in [-0.4, -0.2) is 30.9 Å². The van der Waals surface area contributed by atoms with E-state index in [0.29, 0.717) is 55.8 Å².